The highest BCUT2D eigenvalue weighted by Crippen LogP contribution is 2.21. The van der Waals surface area contributed by atoms with Crippen LogP contribution in [0.15, 0.2) is 22.7 Å². The number of aryl methyl sites for hydroxylation is 3. The monoisotopic (exact) mass is 234 g/mol. The Bertz CT molecular complexity index is 494. The molecule has 1 heterocycles. The average molecular weight is 234 g/mol. The molecule has 1 N–H and O–H groups in total. The van der Waals surface area contributed by atoms with Gasteiger partial charge in [-0.3, -0.25) is 0 Å². The molecule has 0 aliphatic heterocycles. The third kappa shape index (κ3) is 2.30. The number of nitrogens with zero attached hydrogens (tertiary/aromatic N) is 1. The van der Waals surface area contributed by atoms with Gasteiger partial charge in [0.1, 0.15) is 11.6 Å². The minimum absolute atomic E-state index is 0.239. The highest BCUT2D eigenvalue weighted by Gasteiger charge is 2.10. The van der Waals surface area contributed by atoms with Crippen LogP contribution < -0.4 is 5.32 Å². The zero-order chi connectivity index (χ0) is 12.4. The van der Waals surface area contributed by atoms with Gasteiger partial charge < -0.3 is 9.84 Å². The van der Waals surface area contributed by atoms with E-state index in [0.717, 1.165) is 22.6 Å². The van der Waals surface area contributed by atoms with Crippen molar-refractivity contribution in [3.8, 4) is 0 Å². The van der Waals surface area contributed by atoms with Crippen LogP contribution in [0.1, 0.15) is 22.6 Å². The third-order valence-electron chi connectivity index (χ3n) is 2.85. The molecule has 17 heavy (non-hydrogen) atoms. The number of benzene rings is 1. The summed E-state index contributed by atoms with van der Waals surface area (Å²) in [5.74, 6) is 0.528. The topological polar surface area (TPSA) is 38.1 Å². The molecular weight excluding hydrogens is 219 g/mol. The predicted molar refractivity (Wildman–Crippen MR) is 64.4 cm³/mol. The molecular formula is C13H15FN2O. The summed E-state index contributed by atoms with van der Waals surface area (Å²) < 4.78 is 18.6. The van der Waals surface area contributed by atoms with Crippen molar-refractivity contribution >= 4 is 5.69 Å². The van der Waals surface area contributed by atoms with Crippen LogP contribution >= 0.6 is 0 Å². The third-order valence-corrected chi connectivity index (χ3v) is 2.85. The van der Waals surface area contributed by atoms with Crippen LogP contribution in [0.2, 0.25) is 0 Å². The highest BCUT2D eigenvalue weighted by molar-refractivity contribution is 5.52. The summed E-state index contributed by atoms with van der Waals surface area (Å²) >= 11 is 0. The highest BCUT2D eigenvalue weighted by atomic mass is 19.1. The lowest BCUT2D eigenvalue weighted by molar-refractivity contribution is 0.392. The van der Waals surface area contributed by atoms with Gasteiger partial charge in [0.25, 0.3) is 0 Å². The van der Waals surface area contributed by atoms with Crippen LogP contribution in [-0.4, -0.2) is 5.16 Å². The summed E-state index contributed by atoms with van der Waals surface area (Å²) in [4.78, 5) is 0. The number of para-hydroxylation sites is 1. The first kappa shape index (κ1) is 11.6. The summed E-state index contributed by atoms with van der Waals surface area (Å²) in [6.45, 7) is 6.12. The standard InChI is InChI=1S/C13H15FN2O/c1-8-5-4-6-12(14)13(8)15-7-11-9(2)16-17-10(11)3/h4-6,15H,7H2,1-3H3. The molecule has 2 aromatic rings. The second-order valence-corrected chi connectivity index (χ2v) is 4.09. The largest absolute Gasteiger partial charge is 0.378 e. The van der Waals surface area contributed by atoms with Crippen molar-refractivity contribution in [1.29, 1.82) is 0 Å². The Morgan fingerprint density at radius 3 is 2.65 bits per heavy atom. The Morgan fingerprint density at radius 2 is 2.06 bits per heavy atom. The molecule has 0 aliphatic rings. The number of halogens is 1. The number of hydrogen-bond donors (Lipinski definition) is 1. The maximum absolute atomic E-state index is 13.6. The zero-order valence-corrected chi connectivity index (χ0v) is 10.2. The van der Waals surface area contributed by atoms with E-state index in [1.54, 1.807) is 6.07 Å². The maximum Gasteiger partial charge on any atom is 0.146 e. The van der Waals surface area contributed by atoms with E-state index in [9.17, 15) is 4.39 Å². The van der Waals surface area contributed by atoms with Crippen LogP contribution in [0.5, 0.6) is 0 Å². The summed E-state index contributed by atoms with van der Waals surface area (Å²) in [6, 6.07) is 5.02. The van der Waals surface area contributed by atoms with E-state index in [1.165, 1.54) is 6.07 Å². The van der Waals surface area contributed by atoms with Gasteiger partial charge in [0, 0.05) is 12.1 Å². The molecule has 0 atom stereocenters. The minimum Gasteiger partial charge on any atom is -0.378 e. The Balaban J connectivity index is 2.18. The molecule has 0 unspecified atom stereocenters. The van der Waals surface area contributed by atoms with Crippen molar-refractivity contribution in [1.82, 2.24) is 5.16 Å². The van der Waals surface area contributed by atoms with E-state index in [0.29, 0.717) is 12.2 Å². The number of anilines is 1. The quantitative estimate of drug-likeness (QED) is 0.885. The second kappa shape index (κ2) is 4.57. The van der Waals surface area contributed by atoms with E-state index in [-0.39, 0.29) is 5.82 Å². The van der Waals surface area contributed by atoms with Crippen molar-refractivity contribution in [2.45, 2.75) is 27.3 Å². The summed E-state index contributed by atoms with van der Waals surface area (Å²) in [5.41, 5.74) is 3.24. The van der Waals surface area contributed by atoms with Gasteiger partial charge in [-0.2, -0.15) is 0 Å². The molecule has 3 nitrogen and oxygen atoms in total. The number of rotatable bonds is 3. The molecule has 90 valence electrons. The summed E-state index contributed by atoms with van der Waals surface area (Å²) in [5, 5.41) is 6.95. The van der Waals surface area contributed by atoms with E-state index in [1.807, 2.05) is 26.8 Å². The van der Waals surface area contributed by atoms with Gasteiger partial charge in [-0.05, 0) is 32.4 Å². The first-order chi connectivity index (χ1) is 8.09. The molecule has 2 rings (SSSR count). The summed E-state index contributed by atoms with van der Waals surface area (Å²) in [7, 11) is 0. The predicted octanol–water partition coefficient (Wildman–Crippen LogP) is 3.35. The SMILES string of the molecule is Cc1cccc(F)c1NCc1c(C)noc1C. The maximum atomic E-state index is 13.6. The molecule has 0 fully saturated rings. The average Bonchev–Trinajstić information content (AvgIpc) is 2.59. The number of hydrogen-bond acceptors (Lipinski definition) is 3. The van der Waals surface area contributed by atoms with Gasteiger partial charge in [0.15, 0.2) is 0 Å². The Hall–Kier alpha value is -1.84. The molecule has 0 saturated carbocycles. The van der Waals surface area contributed by atoms with Crippen molar-refractivity contribution in [3.63, 3.8) is 0 Å². The minimum atomic E-state index is -0.239. The van der Waals surface area contributed by atoms with Crippen LogP contribution in [0, 0.1) is 26.6 Å². The van der Waals surface area contributed by atoms with Crippen LogP contribution in [0.4, 0.5) is 10.1 Å². The lowest BCUT2D eigenvalue weighted by Crippen LogP contribution is -2.04. The van der Waals surface area contributed by atoms with Gasteiger partial charge in [0.05, 0.1) is 11.4 Å². The fraction of sp³-hybridized carbons (Fsp3) is 0.308. The van der Waals surface area contributed by atoms with Crippen LogP contribution in [0.3, 0.4) is 0 Å². The molecule has 0 aliphatic carbocycles. The van der Waals surface area contributed by atoms with Gasteiger partial charge >= 0.3 is 0 Å². The van der Waals surface area contributed by atoms with Gasteiger partial charge in [-0.15, -0.1) is 0 Å². The van der Waals surface area contributed by atoms with Crippen molar-refractivity contribution in [2.24, 2.45) is 0 Å². The van der Waals surface area contributed by atoms with Gasteiger partial charge in [0.2, 0.25) is 0 Å². The normalized spacial score (nSPS) is 10.6. The lowest BCUT2D eigenvalue weighted by atomic mass is 10.1. The first-order valence-corrected chi connectivity index (χ1v) is 5.50. The van der Waals surface area contributed by atoms with E-state index >= 15 is 0 Å². The Kier molecular flexibility index (Phi) is 3.13. The van der Waals surface area contributed by atoms with Crippen molar-refractivity contribution < 1.29 is 8.91 Å². The molecule has 0 bridgehead atoms. The molecule has 0 saturated heterocycles. The van der Waals surface area contributed by atoms with E-state index in [4.69, 9.17) is 4.52 Å². The molecule has 0 spiro atoms. The summed E-state index contributed by atoms with van der Waals surface area (Å²) in [6.07, 6.45) is 0. The zero-order valence-electron chi connectivity index (χ0n) is 10.2. The smallest absolute Gasteiger partial charge is 0.146 e. The Labute approximate surface area is 99.6 Å². The molecule has 0 radical (unpaired) electrons. The molecule has 4 heteroatoms. The molecule has 1 aromatic heterocycles. The van der Waals surface area contributed by atoms with Gasteiger partial charge in [-0.25, -0.2) is 4.39 Å². The number of nitrogens with one attached hydrogen (secondary N) is 1. The van der Waals surface area contributed by atoms with Crippen molar-refractivity contribution in [3.05, 3.63) is 46.6 Å². The van der Waals surface area contributed by atoms with E-state index in [2.05, 4.69) is 10.5 Å². The molecule has 0 amide bonds. The van der Waals surface area contributed by atoms with Crippen LogP contribution in [-0.2, 0) is 6.54 Å². The lowest BCUT2D eigenvalue weighted by Gasteiger charge is -2.10. The van der Waals surface area contributed by atoms with Crippen molar-refractivity contribution in [2.75, 3.05) is 5.32 Å². The first-order valence-electron chi connectivity index (χ1n) is 5.50. The van der Waals surface area contributed by atoms with E-state index < -0.39 is 0 Å². The fourth-order valence-corrected chi connectivity index (χ4v) is 1.79. The van der Waals surface area contributed by atoms with Gasteiger partial charge in [-0.1, -0.05) is 17.3 Å². The fourth-order valence-electron chi connectivity index (χ4n) is 1.79. The Morgan fingerprint density at radius 1 is 1.29 bits per heavy atom. The number of aromatic nitrogens is 1. The van der Waals surface area contributed by atoms with Crippen LogP contribution in [0.25, 0.3) is 0 Å². The second-order valence-electron chi connectivity index (χ2n) is 4.09. The molecule has 1 aromatic carbocycles.